The fraction of sp³-hybridized carbons (Fsp3) is 0.667. The van der Waals surface area contributed by atoms with E-state index in [1.807, 2.05) is 6.92 Å². The van der Waals surface area contributed by atoms with Gasteiger partial charge in [0.05, 0.1) is 11.7 Å². The number of nitrogens with zero attached hydrogens (tertiary/aromatic N) is 2. The third-order valence-electron chi connectivity index (χ3n) is 2.58. The molecule has 3 nitrogen and oxygen atoms in total. The van der Waals surface area contributed by atoms with Gasteiger partial charge in [-0.2, -0.15) is 0 Å². The highest BCUT2D eigenvalue weighted by Crippen LogP contribution is 2.27. The van der Waals surface area contributed by atoms with Gasteiger partial charge in [-0.15, -0.1) is 0 Å². The predicted molar refractivity (Wildman–Crippen MR) is 46.0 cm³/mol. The molecule has 0 bridgehead atoms. The number of aromatic nitrogens is 1. The van der Waals surface area contributed by atoms with Crippen molar-refractivity contribution in [2.24, 2.45) is 0 Å². The molecule has 1 unspecified atom stereocenters. The van der Waals surface area contributed by atoms with E-state index in [-0.39, 0.29) is 0 Å². The minimum absolute atomic E-state index is 0.409. The first-order chi connectivity index (χ1) is 5.68. The van der Waals surface area contributed by atoms with E-state index in [1.54, 1.807) is 0 Å². The third-order valence-corrected chi connectivity index (χ3v) is 2.58. The van der Waals surface area contributed by atoms with Crippen molar-refractivity contribution >= 4 is 0 Å². The minimum atomic E-state index is 0.409. The lowest BCUT2D eigenvalue weighted by Gasteiger charge is -2.27. The predicted octanol–water partition coefficient (Wildman–Crippen LogP) is 1.53. The molecule has 1 aromatic rings. The van der Waals surface area contributed by atoms with E-state index < -0.39 is 0 Å². The van der Waals surface area contributed by atoms with E-state index in [2.05, 4.69) is 23.9 Å². The molecule has 12 heavy (non-hydrogen) atoms. The van der Waals surface area contributed by atoms with Gasteiger partial charge in [-0.05, 0) is 14.0 Å². The van der Waals surface area contributed by atoms with Crippen LogP contribution in [0.1, 0.15) is 30.3 Å². The van der Waals surface area contributed by atoms with Crippen LogP contribution in [0.2, 0.25) is 0 Å². The average Bonchev–Trinajstić information content (AvgIpc) is 2.39. The Bertz CT molecular complexity index is 293. The zero-order valence-electron chi connectivity index (χ0n) is 7.79. The molecule has 0 radical (unpaired) electrons. The summed E-state index contributed by atoms with van der Waals surface area (Å²) in [6.07, 6.45) is 0.997. The molecule has 0 N–H and O–H groups in total. The molecule has 1 aromatic heterocycles. The molecule has 1 aliphatic rings. The normalized spacial score (nSPS) is 24.1. The largest absolute Gasteiger partial charge is 0.446 e. The van der Waals surface area contributed by atoms with Crippen LogP contribution in [0.3, 0.4) is 0 Å². The Balaban J connectivity index is 2.41. The maximum absolute atomic E-state index is 5.49. The molecule has 2 rings (SSSR count). The summed E-state index contributed by atoms with van der Waals surface area (Å²) in [5.74, 6) is 1.88. The Labute approximate surface area is 72.4 Å². The first-order valence-electron chi connectivity index (χ1n) is 4.35. The van der Waals surface area contributed by atoms with Crippen molar-refractivity contribution in [1.29, 1.82) is 0 Å². The molecule has 0 saturated heterocycles. The van der Waals surface area contributed by atoms with Gasteiger partial charge in [0.1, 0.15) is 5.76 Å². The van der Waals surface area contributed by atoms with E-state index in [0.717, 1.165) is 30.3 Å². The zero-order chi connectivity index (χ0) is 8.72. The molecular weight excluding hydrogens is 152 g/mol. The van der Waals surface area contributed by atoms with Gasteiger partial charge in [0.2, 0.25) is 0 Å². The molecule has 0 spiro atoms. The summed E-state index contributed by atoms with van der Waals surface area (Å²) in [6, 6.07) is 0.409. The maximum atomic E-state index is 5.49. The first kappa shape index (κ1) is 7.80. The van der Waals surface area contributed by atoms with Gasteiger partial charge in [-0.25, -0.2) is 4.98 Å². The SMILES string of the molecule is Cc1nc2c(o1)CCN(C)C2C. The summed E-state index contributed by atoms with van der Waals surface area (Å²) < 4.78 is 5.49. The van der Waals surface area contributed by atoms with Crippen molar-refractivity contribution in [1.82, 2.24) is 9.88 Å². The number of rotatable bonds is 0. The molecule has 3 heteroatoms. The Kier molecular flexibility index (Phi) is 1.68. The van der Waals surface area contributed by atoms with Crippen LogP contribution in [0.5, 0.6) is 0 Å². The molecule has 0 aromatic carbocycles. The summed E-state index contributed by atoms with van der Waals surface area (Å²) in [7, 11) is 2.12. The van der Waals surface area contributed by atoms with Crippen molar-refractivity contribution in [2.75, 3.05) is 13.6 Å². The number of fused-ring (bicyclic) bond motifs is 1. The van der Waals surface area contributed by atoms with Gasteiger partial charge in [0, 0.05) is 19.9 Å². The van der Waals surface area contributed by atoms with E-state index in [0.29, 0.717) is 6.04 Å². The summed E-state index contributed by atoms with van der Waals surface area (Å²) >= 11 is 0. The molecule has 0 amide bonds. The fourth-order valence-corrected chi connectivity index (χ4v) is 1.67. The number of likely N-dealkylation sites (N-methyl/N-ethyl adjacent to an activating group) is 1. The average molecular weight is 166 g/mol. The number of hydrogen-bond acceptors (Lipinski definition) is 3. The molecule has 66 valence electrons. The lowest BCUT2D eigenvalue weighted by Crippen LogP contribution is -2.29. The summed E-state index contributed by atoms with van der Waals surface area (Å²) in [4.78, 5) is 6.67. The fourth-order valence-electron chi connectivity index (χ4n) is 1.67. The molecule has 0 aliphatic carbocycles. The van der Waals surface area contributed by atoms with Crippen molar-refractivity contribution in [3.05, 3.63) is 17.3 Å². The Hall–Kier alpha value is -0.830. The van der Waals surface area contributed by atoms with Gasteiger partial charge < -0.3 is 4.42 Å². The van der Waals surface area contributed by atoms with Gasteiger partial charge in [0.25, 0.3) is 0 Å². The smallest absolute Gasteiger partial charge is 0.191 e. The van der Waals surface area contributed by atoms with E-state index >= 15 is 0 Å². The second-order valence-electron chi connectivity index (χ2n) is 3.45. The van der Waals surface area contributed by atoms with E-state index in [9.17, 15) is 0 Å². The quantitative estimate of drug-likeness (QED) is 0.585. The van der Waals surface area contributed by atoms with Crippen LogP contribution in [0.4, 0.5) is 0 Å². The second kappa shape index (κ2) is 2.59. The highest BCUT2D eigenvalue weighted by molar-refractivity contribution is 5.17. The highest BCUT2D eigenvalue weighted by Gasteiger charge is 2.25. The van der Waals surface area contributed by atoms with Crippen LogP contribution in [0, 0.1) is 6.92 Å². The van der Waals surface area contributed by atoms with Crippen LogP contribution in [-0.4, -0.2) is 23.5 Å². The standard InChI is InChI=1S/C9H14N2O/c1-6-9-8(4-5-11(6)3)12-7(2)10-9/h6H,4-5H2,1-3H3. The number of aryl methyl sites for hydroxylation is 1. The van der Waals surface area contributed by atoms with Crippen LogP contribution in [0.25, 0.3) is 0 Å². The number of oxazole rings is 1. The lowest BCUT2D eigenvalue weighted by molar-refractivity contribution is 0.231. The molecule has 0 saturated carbocycles. The highest BCUT2D eigenvalue weighted by atomic mass is 16.4. The van der Waals surface area contributed by atoms with Crippen molar-refractivity contribution in [2.45, 2.75) is 26.3 Å². The van der Waals surface area contributed by atoms with Gasteiger partial charge in [0.15, 0.2) is 5.89 Å². The van der Waals surface area contributed by atoms with Crippen LogP contribution < -0.4 is 0 Å². The van der Waals surface area contributed by atoms with Gasteiger partial charge >= 0.3 is 0 Å². The first-order valence-corrected chi connectivity index (χ1v) is 4.35. The van der Waals surface area contributed by atoms with Crippen molar-refractivity contribution in [3.63, 3.8) is 0 Å². The van der Waals surface area contributed by atoms with Crippen molar-refractivity contribution < 1.29 is 4.42 Å². The van der Waals surface area contributed by atoms with Crippen LogP contribution in [0.15, 0.2) is 4.42 Å². The monoisotopic (exact) mass is 166 g/mol. The molecule has 2 heterocycles. The van der Waals surface area contributed by atoms with Crippen LogP contribution in [-0.2, 0) is 6.42 Å². The summed E-state index contributed by atoms with van der Waals surface area (Å²) in [5.41, 5.74) is 1.13. The molecule has 0 fully saturated rings. The molecule has 1 atom stereocenters. The van der Waals surface area contributed by atoms with Gasteiger partial charge in [-0.1, -0.05) is 0 Å². The molecule has 1 aliphatic heterocycles. The Morgan fingerprint density at radius 2 is 2.33 bits per heavy atom. The van der Waals surface area contributed by atoms with Crippen molar-refractivity contribution in [3.8, 4) is 0 Å². The summed E-state index contributed by atoms with van der Waals surface area (Å²) in [6.45, 7) is 5.15. The lowest BCUT2D eigenvalue weighted by atomic mass is 10.1. The Morgan fingerprint density at radius 1 is 1.58 bits per heavy atom. The Morgan fingerprint density at radius 3 is 3.08 bits per heavy atom. The summed E-state index contributed by atoms with van der Waals surface area (Å²) in [5, 5.41) is 0. The second-order valence-corrected chi connectivity index (χ2v) is 3.45. The molecular formula is C9H14N2O. The minimum Gasteiger partial charge on any atom is -0.446 e. The van der Waals surface area contributed by atoms with Crippen LogP contribution >= 0.6 is 0 Å². The third kappa shape index (κ3) is 1.05. The zero-order valence-corrected chi connectivity index (χ0v) is 7.79. The topological polar surface area (TPSA) is 29.3 Å². The maximum Gasteiger partial charge on any atom is 0.191 e. The van der Waals surface area contributed by atoms with Gasteiger partial charge in [-0.3, -0.25) is 4.90 Å². The van der Waals surface area contributed by atoms with E-state index in [1.165, 1.54) is 0 Å². The van der Waals surface area contributed by atoms with E-state index in [4.69, 9.17) is 4.42 Å². The number of hydrogen-bond donors (Lipinski definition) is 0.